The molecule has 0 aromatic carbocycles. The second-order valence-corrected chi connectivity index (χ2v) is 4.82. The van der Waals surface area contributed by atoms with Gasteiger partial charge in [0.05, 0.1) is 5.69 Å². The van der Waals surface area contributed by atoms with Gasteiger partial charge in [0, 0.05) is 24.7 Å². The Morgan fingerprint density at radius 2 is 2.10 bits per heavy atom. The lowest BCUT2D eigenvalue weighted by atomic mass is 10.2. The standard InChI is InChI=1S/C15H20N4O/c1-5-16-13-9-14(19-15(18-13)10(2)3)20-12-7-6-8-17-11(12)4/h6-10H,5H2,1-4H3,(H,16,18,19). The molecular weight excluding hydrogens is 252 g/mol. The minimum atomic E-state index is 0.242. The van der Waals surface area contributed by atoms with Crippen LogP contribution in [0.4, 0.5) is 5.82 Å². The summed E-state index contributed by atoms with van der Waals surface area (Å²) in [5, 5.41) is 3.20. The summed E-state index contributed by atoms with van der Waals surface area (Å²) in [6, 6.07) is 5.53. The van der Waals surface area contributed by atoms with Gasteiger partial charge in [0.15, 0.2) is 5.75 Å². The Balaban J connectivity index is 2.33. The van der Waals surface area contributed by atoms with Gasteiger partial charge in [0.1, 0.15) is 11.6 Å². The van der Waals surface area contributed by atoms with Crippen LogP contribution in [0.15, 0.2) is 24.4 Å². The van der Waals surface area contributed by atoms with Crippen LogP contribution in [0.2, 0.25) is 0 Å². The number of ether oxygens (including phenoxy) is 1. The second kappa shape index (κ2) is 6.32. The maximum absolute atomic E-state index is 5.83. The number of hydrogen-bond donors (Lipinski definition) is 1. The molecule has 5 heteroatoms. The molecule has 20 heavy (non-hydrogen) atoms. The van der Waals surface area contributed by atoms with Crippen molar-refractivity contribution in [3.63, 3.8) is 0 Å². The van der Waals surface area contributed by atoms with E-state index < -0.39 is 0 Å². The molecule has 2 rings (SSSR count). The maximum atomic E-state index is 5.83. The summed E-state index contributed by atoms with van der Waals surface area (Å²) in [5.74, 6) is 3.03. The third kappa shape index (κ3) is 3.44. The number of nitrogens with one attached hydrogen (secondary N) is 1. The fourth-order valence-electron chi connectivity index (χ4n) is 1.71. The van der Waals surface area contributed by atoms with Gasteiger partial charge in [-0.3, -0.25) is 4.98 Å². The van der Waals surface area contributed by atoms with Gasteiger partial charge >= 0.3 is 0 Å². The number of anilines is 1. The van der Waals surface area contributed by atoms with Crippen LogP contribution in [-0.4, -0.2) is 21.5 Å². The van der Waals surface area contributed by atoms with Gasteiger partial charge in [-0.25, -0.2) is 4.98 Å². The van der Waals surface area contributed by atoms with E-state index in [1.165, 1.54) is 0 Å². The third-order valence-corrected chi connectivity index (χ3v) is 2.77. The summed E-state index contributed by atoms with van der Waals surface area (Å²) in [6.07, 6.45) is 1.74. The number of aromatic nitrogens is 3. The molecule has 0 spiro atoms. The van der Waals surface area contributed by atoms with Gasteiger partial charge in [0.2, 0.25) is 5.88 Å². The Morgan fingerprint density at radius 1 is 1.30 bits per heavy atom. The summed E-state index contributed by atoms with van der Waals surface area (Å²) < 4.78 is 5.83. The maximum Gasteiger partial charge on any atom is 0.224 e. The van der Waals surface area contributed by atoms with Crippen molar-refractivity contribution in [2.24, 2.45) is 0 Å². The number of nitrogens with zero attached hydrogens (tertiary/aromatic N) is 3. The molecule has 1 N–H and O–H groups in total. The van der Waals surface area contributed by atoms with Gasteiger partial charge in [-0.15, -0.1) is 0 Å². The number of hydrogen-bond acceptors (Lipinski definition) is 5. The Kier molecular flexibility index (Phi) is 4.50. The van der Waals surface area contributed by atoms with E-state index in [1.807, 2.05) is 32.0 Å². The van der Waals surface area contributed by atoms with Crippen LogP contribution in [0.3, 0.4) is 0 Å². The van der Waals surface area contributed by atoms with E-state index in [1.54, 1.807) is 6.20 Å². The topological polar surface area (TPSA) is 59.9 Å². The number of pyridine rings is 1. The largest absolute Gasteiger partial charge is 0.437 e. The van der Waals surface area contributed by atoms with Crippen molar-refractivity contribution in [1.29, 1.82) is 0 Å². The summed E-state index contributed by atoms with van der Waals surface area (Å²) in [5.41, 5.74) is 0.835. The van der Waals surface area contributed by atoms with Crippen molar-refractivity contribution in [3.05, 3.63) is 35.9 Å². The predicted octanol–water partition coefficient (Wildman–Crippen LogP) is 3.53. The Labute approximate surface area is 119 Å². The van der Waals surface area contributed by atoms with E-state index in [0.29, 0.717) is 11.6 Å². The van der Waals surface area contributed by atoms with Crippen molar-refractivity contribution in [2.75, 3.05) is 11.9 Å². The molecule has 0 unspecified atom stereocenters. The first-order valence-corrected chi connectivity index (χ1v) is 6.82. The van der Waals surface area contributed by atoms with E-state index in [2.05, 4.69) is 34.1 Å². The van der Waals surface area contributed by atoms with Crippen LogP contribution in [0, 0.1) is 6.92 Å². The zero-order chi connectivity index (χ0) is 14.5. The highest BCUT2D eigenvalue weighted by Crippen LogP contribution is 2.25. The zero-order valence-corrected chi connectivity index (χ0v) is 12.3. The smallest absolute Gasteiger partial charge is 0.224 e. The van der Waals surface area contributed by atoms with E-state index in [4.69, 9.17) is 4.74 Å². The van der Waals surface area contributed by atoms with Crippen molar-refractivity contribution in [2.45, 2.75) is 33.6 Å². The zero-order valence-electron chi connectivity index (χ0n) is 12.3. The quantitative estimate of drug-likeness (QED) is 0.902. The molecule has 0 aliphatic heterocycles. The van der Waals surface area contributed by atoms with Crippen LogP contribution in [0.1, 0.15) is 38.2 Å². The first-order chi connectivity index (χ1) is 9.60. The first kappa shape index (κ1) is 14.2. The van der Waals surface area contributed by atoms with Crippen LogP contribution >= 0.6 is 0 Å². The van der Waals surface area contributed by atoms with Crippen LogP contribution < -0.4 is 10.1 Å². The highest BCUT2D eigenvalue weighted by molar-refractivity contribution is 5.40. The predicted molar refractivity (Wildman–Crippen MR) is 79.3 cm³/mol. The minimum absolute atomic E-state index is 0.242. The summed E-state index contributed by atoms with van der Waals surface area (Å²) >= 11 is 0. The van der Waals surface area contributed by atoms with E-state index >= 15 is 0 Å². The van der Waals surface area contributed by atoms with E-state index in [0.717, 1.165) is 23.9 Å². The SMILES string of the molecule is CCNc1cc(Oc2cccnc2C)nc(C(C)C)n1. The lowest BCUT2D eigenvalue weighted by Gasteiger charge is -2.12. The second-order valence-electron chi connectivity index (χ2n) is 4.82. The minimum Gasteiger partial charge on any atom is -0.437 e. The fraction of sp³-hybridized carbons (Fsp3) is 0.400. The first-order valence-electron chi connectivity index (χ1n) is 6.82. The Hall–Kier alpha value is -2.17. The summed E-state index contributed by atoms with van der Waals surface area (Å²) in [6.45, 7) is 8.86. The molecule has 2 heterocycles. The van der Waals surface area contributed by atoms with Crippen LogP contribution in [0.5, 0.6) is 11.6 Å². The molecule has 5 nitrogen and oxygen atoms in total. The molecule has 2 aromatic rings. The lowest BCUT2D eigenvalue weighted by Crippen LogP contribution is -2.06. The van der Waals surface area contributed by atoms with Crippen LogP contribution in [0.25, 0.3) is 0 Å². The number of rotatable bonds is 5. The molecule has 106 valence electrons. The molecule has 0 saturated carbocycles. The molecule has 0 fully saturated rings. The van der Waals surface area contributed by atoms with Gasteiger partial charge in [-0.05, 0) is 26.0 Å². The Morgan fingerprint density at radius 3 is 2.75 bits per heavy atom. The molecule has 0 aliphatic rings. The van der Waals surface area contributed by atoms with E-state index in [-0.39, 0.29) is 5.92 Å². The molecule has 0 amide bonds. The van der Waals surface area contributed by atoms with Crippen molar-refractivity contribution < 1.29 is 4.74 Å². The van der Waals surface area contributed by atoms with Gasteiger partial charge in [0.25, 0.3) is 0 Å². The molecule has 0 aliphatic carbocycles. The van der Waals surface area contributed by atoms with Gasteiger partial charge in [-0.2, -0.15) is 4.98 Å². The molecular formula is C15H20N4O. The normalized spacial score (nSPS) is 10.7. The summed E-state index contributed by atoms with van der Waals surface area (Å²) in [4.78, 5) is 13.1. The van der Waals surface area contributed by atoms with Gasteiger partial charge < -0.3 is 10.1 Å². The number of aryl methyl sites for hydroxylation is 1. The molecule has 2 aromatic heterocycles. The van der Waals surface area contributed by atoms with Crippen molar-refractivity contribution in [3.8, 4) is 11.6 Å². The molecule has 0 radical (unpaired) electrons. The molecule has 0 atom stereocenters. The fourth-order valence-corrected chi connectivity index (χ4v) is 1.71. The van der Waals surface area contributed by atoms with E-state index in [9.17, 15) is 0 Å². The molecule has 0 saturated heterocycles. The highest BCUT2D eigenvalue weighted by Gasteiger charge is 2.10. The average Bonchev–Trinajstić information content (AvgIpc) is 2.41. The summed E-state index contributed by atoms with van der Waals surface area (Å²) in [7, 11) is 0. The lowest BCUT2D eigenvalue weighted by molar-refractivity contribution is 0.451. The highest BCUT2D eigenvalue weighted by atomic mass is 16.5. The van der Waals surface area contributed by atoms with Crippen molar-refractivity contribution in [1.82, 2.24) is 15.0 Å². The van der Waals surface area contributed by atoms with Crippen LogP contribution in [-0.2, 0) is 0 Å². The van der Waals surface area contributed by atoms with Crippen molar-refractivity contribution >= 4 is 5.82 Å². The molecule has 0 bridgehead atoms. The Bertz CT molecular complexity index is 584. The van der Waals surface area contributed by atoms with Gasteiger partial charge in [-0.1, -0.05) is 13.8 Å². The third-order valence-electron chi connectivity index (χ3n) is 2.77. The monoisotopic (exact) mass is 272 g/mol. The average molecular weight is 272 g/mol.